The van der Waals surface area contributed by atoms with Crippen LogP contribution in [-0.4, -0.2) is 33.8 Å². The van der Waals surface area contributed by atoms with Crippen LogP contribution in [0.5, 0.6) is 0 Å². The third kappa shape index (κ3) is 5.67. The van der Waals surface area contributed by atoms with Crippen molar-refractivity contribution in [2.45, 2.75) is 51.9 Å². The lowest BCUT2D eigenvalue weighted by atomic mass is 10.0. The molecular weight excluding hydrogens is 449 g/mol. The van der Waals surface area contributed by atoms with E-state index in [4.69, 9.17) is 9.15 Å². The van der Waals surface area contributed by atoms with Crippen LogP contribution in [0.15, 0.2) is 52.9 Å². The van der Waals surface area contributed by atoms with Crippen molar-refractivity contribution in [3.63, 3.8) is 0 Å². The summed E-state index contributed by atoms with van der Waals surface area (Å²) in [5.74, 6) is 0.385. The fourth-order valence-corrected chi connectivity index (χ4v) is 2.96. The molecule has 0 unspecified atom stereocenters. The molecule has 0 aliphatic heterocycles. The Labute approximate surface area is 195 Å². The first kappa shape index (κ1) is 25.1. The van der Waals surface area contributed by atoms with E-state index < -0.39 is 29.0 Å². The maximum Gasteiger partial charge on any atom is 0.416 e. The Morgan fingerprint density at radius 3 is 2.18 bits per heavy atom. The van der Waals surface area contributed by atoms with E-state index >= 15 is 0 Å². The molecule has 0 atom stereocenters. The molecule has 1 amide bonds. The summed E-state index contributed by atoms with van der Waals surface area (Å²) in [6, 6.07) is 11.7. The fraction of sp³-hybridized carbons (Fsp3) is 0.375. The van der Waals surface area contributed by atoms with Crippen LogP contribution in [0.4, 0.5) is 29.3 Å². The first-order valence-corrected chi connectivity index (χ1v) is 10.5. The van der Waals surface area contributed by atoms with Gasteiger partial charge in [0.1, 0.15) is 11.1 Å². The monoisotopic (exact) mass is 476 g/mol. The first-order valence-electron chi connectivity index (χ1n) is 10.5. The Balaban J connectivity index is 1.85. The lowest BCUT2D eigenvalue weighted by Gasteiger charge is -2.33. The van der Waals surface area contributed by atoms with Crippen LogP contribution in [0.25, 0.3) is 11.5 Å². The lowest BCUT2D eigenvalue weighted by molar-refractivity contribution is -0.137. The van der Waals surface area contributed by atoms with Gasteiger partial charge in [-0.05, 0) is 71.0 Å². The van der Waals surface area contributed by atoms with Gasteiger partial charge < -0.3 is 14.5 Å². The van der Waals surface area contributed by atoms with Crippen LogP contribution in [0, 0.1) is 0 Å². The molecule has 34 heavy (non-hydrogen) atoms. The number of amides is 1. The van der Waals surface area contributed by atoms with Gasteiger partial charge in [-0.3, -0.25) is 4.90 Å². The highest BCUT2D eigenvalue weighted by Crippen LogP contribution is 2.34. The number of carbonyl (C=O) groups is 1. The van der Waals surface area contributed by atoms with Crippen LogP contribution < -0.4 is 5.32 Å². The average molecular weight is 476 g/mol. The number of ether oxygens (including phenoxy) is 1. The molecule has 1 heterocycles. The predicted octanol–water partition coefficient (Wildman–Crippen LogP) is 6.60. The van der Waals surface area contributed by atoms with Crippen molar-refractivity contribution in [1.82, 2.24) is 15.1 Å². The van der Waals surface area contributed by atoms with E-state index in [0.29, 0.717) is 16.9 Å². The van der Waals surface area contributed by atoms with Crippen molar-refractivity contribution in [2.75, 3.05) is 12.4 Å². The fourth-order valence-electron chi connectivity index (χ4n) is 2.96. The van der Waals surface area contributed by atoms with Crippen LogP contribution in [0.1, 0.15) is 46.1 Å². The van der Waals surface area contributed by atoms with Crippen molar-refractivity contribution >= 4 is 17.5 Å². The molecule has 0 saturated heterocycles. The van der Waals surface area contributed by atoms with Gasteiger partial charge in [-0.15, -0.1) is 10.2 Å². The molecule has 182 valence electrons. The summed E-state index contributed by atoms with van der Waals surface area (Å²) in [5.41, 5.74) is -0.782. The molecule has 0 aliphatic rings. The van der Waals surface area contributed by atoms with E-state index in [0.717, 1.165) is 12.1 Å². The molecule has 0 bridgehead atoms. The van der Waals surface area contributed by atoms with Gasteiger partial charge in [0.2, 0.25) is 11.8 Å². The number of rotatable bonds is 5. The van der Waals surface area contributed by atoms with Gasteiger partial charge in [0, 0.05) is 12.7 Å². The maximum atomic E-state index is 12.8. The number of carbonyl (C=O) groups excluding carboxylic acids is 1. The number of aromatic nitrogens is 2. The van der Waals surface area contributed by atoms with Gasteiger partial charge in [0.05, 0.1) is 16.8 Å². The summed E-state index contributed by atoms with van der Waals surface area (Å²) >= 11 is 0. The van der Waals surface area contributed by atoms with Crippen molar-refractivity contribution in [1.29, 1.82) is 0 Å². The first-order chi connectivity index (χ1) is 15.7. The molecule has 3 aromatic rings. The summed E-state index contributed by atoms with van der Waals surface area (Å²) in [6.07, 6.45) is -4.95. The largest absolute Gasteiger partial charge is 0.444 e. The molecule has 0 fully saturated rings. The molecule has 7 nitrogen and oxygen atoms in total. The zero-order chi connectivity index (χ0) is 25.3. The quantitative estimate of drug-likeness (QED) is 0.447. The maximum absolute atomic E-state index is 12.8. The molecule has 0 aliphatic carbocycles. The molecular formula is C24H27F3N4O3. The summed E-state index contributed by atoms with van der Waals surface area (Å²) in [4.78, 5) is 13.9. The Bertz CT molecular complexity index is 1150. The Morgan fingerprint density at radius 1 is 0.971 bits per heavy atom. The highest BCUT2D eigenvalue weighted by molar-refractivity contribution is 5.77. The second-order valence-electron chi connectivity index (χ2n) is 9.26. The van der Waals surface area contributed by atoms with Crippen LogP contribution >= 0.6 is 0 Å². The van der Waals surface area contributed by atoms with Crippen LogP contribution in [0.3, 0.4) is 0 Å². The lowest BCUT2D eigenvalue weighted by Crippen LogP contribution is -2.45. The van der Waals surface area contributed by atoms with E-state index in [-0.39, 0.29) is 11.8 Å². The van der Waals surface area contributed by atoms with Crippen molar-refractivity contribution in [3.05, 3.63) is 60.0 Å². The van der Waals surface area contributed by atoms with Gasteiger partial charge in [0.15, 0.2) is 0 Å². The zero-order valence-corrected chi connectivity index (χ0v) is 19.8. The predicted molar refractivity (Wildman–Crippen MR) is 121 cm³/mol. The molecule has 1 aromatic heterocycles. The number of halogens is 3. The molecule has 2 aromatic carbocycles. The third-order valence-corrected chi connectivity index (χ3v) is 5.10. The zero-order valence-electron chi connectivity index (χ0n) is 19.8. The summed E-state index contributed by atoms with van der Waals surface area (Å²) in [5, 5.41) is 11.4. The number of anilines is 2. The normalized spacial score (nSPS) is 12.4. The topological polar surface area (TPSA) is 80.5 Å². The number of nitrogens with one attached hydrogen (secondary N) is 1. The minimum atomic E-state index is -4.41. The van der Waals surface area contributed by atoms with Crippen molar-refractivity contribution in [2.24, 2.45) is 0 Å². The van der Waals surface area contributed by atoms with E-state index in [1.165, 1.54) is 17.0 Å². The van der Waals surface area contributed by atoms with E-state index in [9.17, 15) is 18.0 Å². The summed E-state index contributed by atoms with van der Waals surface area (Å²) < 4.78 is 49.9. The second-order valence-corrected chi connectivity index (χ2v) is 9.26. The molecule has 1 N–H and O–H groups in total. The summed E-state index contributed by atoms with van der Waals surface area (Å²) in [6.45, 7) is 8.83. The number of benzene rings is 2. The molecule has 0 spiro atoms. The van der Waals surface area contributed by atoms with E-state index in [1.807, 2.05) is 0 Å². The number of alkyl halides is 3. The standard InChI is InChI=1S/C24H27F3N4O3/c1-22(2,3)34-21(32)31(6)23(4,5)20-30-29-19(33-20)17-9-7-8-10-18(17)28-16-13-11-15(12-14-16)24(25,26)27/h7-14,28H,1-6H3. The minimum absolute atomic E-state index is 0.190. The highest BCUT2D eigenvalue weighted by atomic mass is 19.4. The van der Waals surface area contributed by atoms with Crippen LogP contribution in [-0.2, 0) is 16.5 Å². The molecule has 0 radical (unpaired) electrons. The molecule has 10 heteroatoms. The number of para-hydroxylation sites is 1. The van der Waals surface area contributed by atoms with Crippen molar-refractivity contribution in [3.8, 4) is 11.5 Å². The number of hydrogen-bond donors (Lipinski definition) is 1. The second kappa shape index (κ2) is 9.00. The Hall–Kier alpha value is -3.56. The van der Waals surface area contributed by atoms with Gasteiger partial charge in [0.25, 0.3) is 0 Å². The van der Waals surface area contributed by atoms with E-state index in [2.05, 4.69) is 15.5 Å². The van der Waals surface area contributed by atoms with Gasteiger partial charge in [-0.25, -0.2) is 4.79 Å². The van der Waals surface area contributed by atoms with Crippen LogP contribution in [0.2, 0.25) is 0 Å². The minimum Gasteiger partial charge on any atom is -0.444 e. The highest BCUT2D eigenvalue weighted by Gasteiger charge is 2.37. The SMILES string of the molecule is CN(C(=O)OC(C)(C)C)C(C)(C)c1nnc(-c2ccccc2Nc2ccc(C(F)(F)F)cc2)o1. The molecule has 0 saturated carbocycles. The van der Waals surface area contributed by atoms with Gasteiger partial charge >= 0.3 is 12.3 Å². The summed E-state index contributed by atoms with van der Waals surface area (Å²) in [7, 11) is 1.58. The van der Waals surface area contributed by atoms with Crippen molar-refractivity contribution < 1.29 is 27.1 Å². The van der Waals surface area contributed by atoms with E-state index in [1.54, 1.807) is 65.9 Å². The number of hydrogen-bond acceptors (Lipinski definition) is 6. The van der Waals surface area contributed by atoms with Gasteiger partial charge in [-0.2, -0.15) is 13.2 Å². The molecule has 3 rings (SSSR count). The smallest absolute Gasteiger partial charge is 0.416 e. The number of nitrogens with zero attached hydrogens (tertiary/aromatic N) is 3. The average Bonchev–Trinajstić information content (AvgIpc) is 3.23. The Kier molecular flexibility index (Phi) is 6.64. The van der Waals surface area contributed by atoms with Gasteiger partial charge in [-0.1, -0.05) is 12.1 Å². The third-order valence-electron chi connectivity index (χ3n) is 5.10. The Morgan fingerprint density at radius 2 is 1.59 bits per heavy atom.